The van der Waals surface area contributed by atoms with Gasteiger partial charge >= 0.3 is 0 Å². The molecule has 0 bridgehead atoms. The van der Waals surface area contributed by atoms with Crippen molar-refractivity contribution < 1.29 is 5.11 Å². The summed E-state index contributed by atoms with van der Waals surface area (Å²) >= 11 is 5.55. The fourth-order valence-electron chi connectivity index (χ4n) is 0.269. The Kier molecular flexibility index (Phi) is 8.73. The lowest BCUT2D eigenvalue weighted by Gasteiger charge is -1.93. The van der Waals surface area contributed by atoms with E-state index in [1.165, 1.54) is 6.08 Å². The van der Waals surface area contributed by atoms with Crippen molar-refractivity contribution in [1.82, 2.24) is 0 Å². The number of aliphatic hydroxyl groups excluding tert-OH is 1. The zero-order valence-corrected chi connectivity index (χ0v) is 8.07. The molecule has 2 heteroatoms. The molecule has 0 aromatic heterocycles. The zero-order valence-electron chi connectivity index (χ0n) is 7.32. The maximum absolute atomic E-state index is 8.58. The summed E-state index contributed by atoms with van der Waals surface area (Å²) in [5.74, 6) is -0.0528. The highest BCUT2D eigenvalue weighted by atomic mass is 35.5. The maximum atomic E-state index is 8.58. The molecule has 0 radical (unpaired) electrons. The minimum Gasteiger partial charge on any atom is -0.509 e. The van der Waals surface area contributed by atoms with Crippen LogP contribution >= 0.6 is 11.6 Å². The minimum atomic E-state index is -0.0528. The average molecular weight is 175 g/mol. The van der Waals surface area contributed by atoms with Gasteiger partial charge in [-0.1, -0.05) is 38.6 Å². The Morgan fingerprint density at radius 2 is 1.73 bits per heavy atom. The van der Waals surface area contributed by atoms with Gasteiger partial charge in [0.1, 0.15) is 5.76 Å². The SMILES string of the molecule is C=C(O)/C=C(/Cl)C(=C)C.CC. The first-order valence-corrected chi connectivity index (χ1v) is 3.83. The van der Waals surface area contributed by atoms with Gasteiger partial charge < -0.3 is 5.11 Å². The molecule has 11 heavy (non-hydrogen) atoms. The molecular formula is C9H15ClO. The third-order valence-electron chi connectivity index (χ3n) is 0.701. The van der Waals surface area contributed by atoms with E-state index in [1.807, 2.05) is 13.8 Å². The van der Waals surface area contributed by atoms with Gasteiger partial charge in [0.25, 0.3) is 0 Å². The number of hydrogen-bond acceptors (Lipinski definition) is 1. The quantitative estimate of drug-likeness (QED) is 0.499. The molecule has 0 fully saturated rings. The minimum absolute atomic E-state index is 0.0528. The van der Waals surface area contributed by atoms with Crippen LogP contribution in [-0.2, 0) is 0 Å². The van der Waals surface area contributed by atoms with Crippen LogP contribution < -0.4 is 0 Å². The van der Waals surface area contributed by atoms with Gasteiger partial charge in [-0.05, 0) is 18.6 Å². The van der Waals surface area contributed by atoms with Crippen LogP contribution in [-0.4, -0.2) is 5.11 Å². The Bertz CT molecular complexity index is 168. The first kappa shape index (κ1) is 12.9. The van der Waals surface area contributed by atoms with Crippen molar-refractivity contribution in [1.29, 1.82) is 0 Å². The first-order valence-electron chi connectivity index (χ1n) is 3.45. The maximum Gasteiger partial charge on any atom is 0.109 e. The molecule has 0 amide bonds. The smallest absolute Gasteiger partial charge is 0.109 e. The molecule has 0 aromatic carbocycles. The lowest BCUT2D eigenvalue weighted by Crippen LogP contribution is -1.74. The summed E-state index contributed by atoms with van der Waals surface area (Å²) in [6, 6.07) is 0. The van der Waals surface area contributed by atoms with E-state index in [2.05, 4.69) is 13.2 Å². The zero-order chi connectivity index (χ0) is 9.44. The summed E-state index contributed by atoms with van der Waals surface area (Å²) in [5, 5.41) is 9.01. The van der Waals surface area contributed by atoms with Gasteiger partial charge in [0.15, 0.2) is 0 Å². The van der Waals surface area contributed by atoms with Crippen molar-refractivity contribution in [2.75, 3.05) is 0 Å². The normalized spacial score (nSPS) is 9.64. The molecule has 0 aliphatic carbocycles. The topological polar surface area (TPSA) is 20.2 Å². The van der Waals surface area contributed by atoms with Crippen molar-refractivity contribution >= 4 is 11.6 Å². The van der Waals surface area contributed by atoms with Gasteiger partial charge in [0, 0.05) is 5.03 Å². The predicted octanol–water partition coefficient (Wildman–Crippen LogP) is 3.78. The van der Waals surface area contributed by atoms with Gasteiger partial charge in [-0.2, -0.15) is 0 Å². The Morgan fingerprint density at radius 1 is 1.36 bits per heavy atom. The molecule has 1 nitrogen and oxygen atoms in total. The molecule has 0 spiro atoms. The molecule has 0 aliphatic heterocycles. The van der Waals surface area contributed by atoms with E-state index < -0.39 is 0 Å². The third kappa shape index (κ3) is 9.31. The van der Waals surface area contributed by atoms with Crippen LogP contribution in [0.25, 0.3) is 0 Å². The second kappa shape index (κ2) is 7.42. The predicted molar refractivity (Wildman–Crippen MR) is 51.9 cm³/mol. The fraction of sp³-hybridized carbons (Fsp3) is 0.333. The van der Waals surface area contributed by atoms with Crippen LogP contribution in [0.5, 0.6) is 0 Å². The molecule has 0 aromatic rings. The summed E-state index contributed by atoms with van der Waals surface area (Å²) in [6.45, 7) is 12.5. The Morgan fingerprint density at radius 3 is 1.82 bits per heavy atom. The van der Waals surface area contributed by atoms with Crippen LogP contribution in [0.15, 0.2) is 35.6 Å². The monoisotopic (exact) mass is 174 g/mol. The lowest BCUT2D eigenvalue weighted by molar-refractivity contribution is 0.435. The van der Waals surface area contributed by atoms with E-state index in [0.29, 0.717) is 10.6 Å². The largest absolute Gasteiger partial charge is 0.509 e. The van der Waals surface area contributed by atoms with Crippen molar-refractivity contribution in [3.63, 3.8) is 0 Å². The van der Waals surface area contributed by atoms with E-state index >= 15 is 0 Å². The van der Waals surface area contributed by atoms with Gasteiger partial charge in [-0.3, -0.25) is 0 Å². The first-order chi connectivity index (χ1) is 5.04. The highest BCUT2D eigenvalue weighted by Crippen LogP contribution is 2.12. The van der Waals surface area contributed by atoms with Crippen LogP contribution in [0.2, 0.25) is 0 Å². The standard InChI is InChI=1S/C7H9ClO.C2H6/c1-5(2)7(8)4-6(3)9;1-2/h4,9H,1,3H2,2H3;1-2H3/b7-4+;. The Labute approximate surface area is 73.7 Å². The van der Waals surface area contributed by atoms with Crippen LogP contribution in [0.1, 0.15) is 20.8 Å². The van der Waals surface area contributed by atoms with Crippen molar-refractivity contribution in [3.05, 3.63) is 35.6 Å². The number of aliphatic hydroxyl groups is 1. The van der Waals surface area contributed by atoms with E-state index in [4.69, 9.17) is 16.7 Å². The molecule has 0 heterocycles. The molecular weight excluding hydrogens is 160 g/mol. The lowest BCUT2D eigenvalue weighted by atomic mass is 10.3. The number of allylic oxidation sites excluding steroid dienone is 3. The molecule has 0 saturated carbocycles. The van der Waals surface area contributed by atoms with Crippen LogP contribution in [0.4, 0.5) is 0 Å². The molecule has 0 saturated heterocycles. The summed E-state index contributed by atoms with van der Waals surface area (Å²) in [4.78, 5) is 0. The van der Waals surface area contributed by atoms with E-state index in [0.717, 1.165) is 0 Å². The van der Waals surface area contributed by atoms with Gasteiger partial charge in [0.05, 0.1) is 0 Å². The Balaban J connectivity index is 0. The number of rotatable bonds is 2. The summed E-state index contributed by atoms with van der Waals surface area (Å²) in [6.07, 6.45) is 1.35. The highest BCUT2D eigenvalue weighted by molar-refractivity contribution is 6.32. The number of hydrogen-bond donors (Lipinski definition) is 1. The molecule has 0 rings (SSSR count). The molecule has 0 unspecified atom stereocenters. The van der Waals surface area contributed by atoms with E-state index in [-0.39, 0.29) is 5.76 Å². The second-order valence-electron chi connectivity index (χ2n) is 1.76. The fourth-order valence-corrected chi connectivity index (χ4v) is 0.395. The summed E-state index contributed by atoms with van der Waals surface area (Å²) in [5.41, 5.74) is 0.715. The van der Waals surface area contributed by atoms with Crippen LogP contribution in [0, 0.1) is 0 Å². The Hall–Kier alpha value is -0.690. The van der Waals surface area contributed by atoms with Crippen molar-refractivity contribution in [2.24, 2.45) is 0 Å². The van der Waals surface area contributed by atoms with Crippen molar-refractivity contribution in [3.8, 4) is 0 Å². The summed E-state index contributed by atoms with van der Waals surface area (Å²) in [7, 11) is 0. The average Bonchev–Trinajstić information content (AvgIpc) is 1.90. The number of halogens is 1. The molecule has 64 valence electrons. The highest BCUT2D eigenvalue weighted by Gasteiger charge is 1.90. The van der Waals surface area contributed by atoms with Gasteiger partial charge in [0.2, 0.25) is 0 Å². The van der Waals surface area contributed by atoms with Crippen LogP contribution in [0.3, 0.4) is 0 Å². The van der Waals surface area contributed by atoms with E-state index in [1.54, 1.807) is 6.92 Å². The van der Waals surface area contributed by atoms with Crippen molar-refractivity contribution in [2.45, 2.75) is 20.8 Å². The summed E-state index contributed by atoms with van der Waals surface area (Å²) < 4.78 is 0. The van der Waals surface area contributed by atoms with Gasteiger partial charge in [-0.25, -0.2) is 0 Å². The molecule has 0 aliphatic rings. The third-order valence-corrected chi connectivity index (χ3v) is 1.13. The molecule has 0 atom stereocenters. The second-order valence-corrected chi connectivity index (χ2v) is 2.17. The van der Waals surface area contributed by atoms with Gasteiger partial charge in [-0.15, -0.1) is 0 Å². The van der Waals surface area contributed by atoms with E-state index in [9.17, 15) is 0 Å². The molecule has 1 N–H and O–H groups in total.